The number of anilines is 1. The molecule has 2 rings (SSSR count). The number of nitrogen functional groups attached to an aromatic ring is 1. The molecule has 4 heteroatoms. The Bertz CT molecular complexity index is 555. The van der Waals surface area contributed by atoms with Crippen LogP contribution in [0.3, 0.4) is 0 Å². The summed E-state index contributed by atoms with van der Waals surface area (Å²) in [6.45, 7) is 1.92. The molecule has 2 aromatic carbocycles. The second kappa shape index (κ2) is 4.75. The fourth-order valence-electron chi connectivity index (χ4n) is 1.43. The number of nitrogens with two attached hydrogens (primary N) is 1. The Kier molecular flexibility index (Phi) is 3.33. The van der Waals surface area contributed by atoms with Crippen LogP contribution in [0.15, 0.2) is 46.2 Å². The molecule has 0 atom stereocenters. The van der Waals surface area contributed by atoms with Gasteiger partial charge in [0.05, 0.1) is 4.90 Å². The summed E-state index contributed by atoms with van der Waals surface area (Å²) in [5, 5.41) is 0. The van der Waals surface area contributed by atoms with E-state index < -0.39 is 11.6 Å². The smallest absolute Gasteiger partial charge is 0.137 e. The molecule has 0 saturated carbocycles. The van der Waals surface area contributed by atoms with Gasteiger partial charge in [-0.25, -0.2) is 8.78 Å². The summed E-state index contributed by atoms with van der Waals surface area (Å²) in [5.41, 5.74) is 7.42. The summed E-state index contributed by atoms with van der Waals surface area (Å²) in [6, 6.07) is 8.87. The lowest BCUT2D eigenvalue weighted by Crippen LogP contribution is -1.90. The molecule has 2 N–H and O–H groups in total. The van der Waals surface area contributed by atoms with E-state index in [1.54, 1.807) is 12.1 Å². The Morgan fingerprint density at radius 3 is 2.47 bits per heavy atom. The Morgan fingerprint density at radius 2 is 1.76 bits per heavy atom. The lowest BCUT2D eigenvalue weighted by molar-refractivity contribution is 0.577. The summed E-state index contributed by atoms with van der Waals surface area (Å²) in [7, 11) is 0. The van der Waals surface area contributed by atoms with E-state index in [2.05, 4.69) is 0 Å². The van der Waals surface area contributed by atoms with Crippen molar-refractivity contribution in [3.63, 3.8) is 0 Å². The highest BCUT2D eigenvalue weighted by Crippen LogP contribution is 2.34. The molecule has 0 aromatic heterocycles. The zero-order valence-corrected chi connectivity index (χ0v) is 10.0. The zero-order valence-electron chi connectivity index (χ0n) is 9.21. The molecule has 0 heterocycles. The standard InChI is InChI=1S/C13H11F2NS/c1-8-2-5-12(11(16)6-8)17-13-7-9(14)3-4-10(13)15/h2-7H,16H2,1H3. The largest absolute Gasteiger partial charge is 0.398 e. The van der Waals surface area contributed by atoms with Crippen molar-refractivity contribution in [2.24, 2.45) is 0 Å². The molecule has 0 unspecified atom stereocenters. The molecular formula is C13H11F2NS. The first-order chi connectivity index (χ1) is 8.06. The molecule has 0 saturated heterocycles. The van der Waals surface area contributed by atoms with Crippen molar-refractivity contribution in [3.8, 4) is 0 Å². The molecule has 17 heavy (non-hydrogen) atoms. The van der Waals surface area contributed by atoms with Gasteiger partial charge in [-0.05, 0) is 42.8 Å². The second-order valence-electron chi connectivity index (χ2n) is 3.72. The maximum atomic E-state index is 13.4. The summed E-state index contributed by atoms with van der Waals surface area (Å²) in [4.78, 5) is 0.959. The van der Waals surface area contributed by atoms with Crippen molar-refractivity contribution >= 4 is 17.4 Å². The van der Waals surface area contributed by atoms with E-state index >= 15 is 0 Å². The quantitative estimate of drug-likeness (QED) is 0.816. The molecule has 0 radical (unpaired) electrons. The number of halogens is 2. The minimum atomic E-state index is -0.459. The highest BCUT2D eigenvalue weighted by atomic mass is 32.2. The summed E-state index contributed by atoms with van der Waals surface area (Å²) < 4.78 is 26.4. The van der Waals surface area contributed by atoms with Crippen molar-refractivity contribution in [1.29, 1.82) is 0 Å². The van der Waals surface area contributed by atoms with Gasteiger partial charge in [-0.3, -0.25) is 0 Å². The predicted octanol–water partition coefficient (Wildman–Crippen LogP) is 4.01. The van der Waals surface area contributed by atoms with Gasteiger partial charge in [0.25, 0.3) is 0 Å². The van der Waals surface area contributed by atoms with E-state index in [-0.39, 0.29) is 4.90 Å². The fourth-order valence-corrected chi connectivity index (χ4v) is 2.32. The van der Waals surface area contributed by atoms with Crippen LogP contribution >= 0.6 is 11.8 Å². The van der Waals surface area contributed by atoms with Gasteiger partial charge in [-0.2, -0.15) is 0 Å². The number of hydrogen-bond acceptors (Lipinski definition) is 2. The topological polar surface area (TPSA) is 26.0 Å². The van der Waals surface area contributed by atoms with Gasteiger partial charge in [-0.1, -0.05) is 17.8 Å². The van der Waals surface area contributed by atoms with Gasteiger partial charge in [-0.15, -0.1) is 0 Å². The van der Waals surface area contributed by atoms with Crippen molar-refractivity contribution < 1.29 is 8.78 Å². The third-order valence-electron chi connectivity index (χ3n) is 2.28. The molecule has 0 aliphatic rings. The maximum absolute atomic E-state index is 13.4. The molecule has 0 amide bonds. The van der Waals surface area contributed by atoms with Gasteiger partial charge in [0.1, 0.15) is 11.6 Å². The third-order valence-corrected chi connectivity index (χ3v) is 3.40. The lowest BCUT2D eigenvalue weighted by Gasteiger charge is -2.07. The molecule has 2 aromatic rings. The van der Waals surface area contributed by atoms with E-state index in [4.69, 9.17) is 5.73 Å². The van der Waals surface area contributed by atoms with E-state index in [1.807, 2.05) is 13.0 Å². The molecule has 0 spiro atoms. The van der Waals surface area contributed by atoms with Crippen LogP contribution in [0.1, 0.15) is 5.56 Å². The second-order valence-corrected chi connectivity index (χ2v) is 4.80. The van der Waals surface area contributed by atoms with Gasteiger partial charge >= 0.3 is 0 Å². The minimum Gasteiger partial charge on any atom is -0.398 e. The molecule has 0 fully saturated rings. The van der Waals surface area contributed by atoms with Crippen molar-refractivity contribution in [2.45, 2.75) is 16.7 Å². The first-order valence-corrected chi connectivity index (χ1v) is 5.87. The number of benzene rings is 2. The number of hydrogen-bond donors (Lipinski definition) is 1. The average Bonchev–Trinajstić information content (AvgIpc) is 2.27. The van der Waals surface area contributed by atoms with Crippen LogP contribution in [0.25, 0.3) is 0 Å². The number of rotatable bonds is 2. The Balaban J connectivity index is 2.34. The van der Waals surface area contributed by atoms with Gasteiger partial charge < -0.3 is 5.73 Å². The Hall–Kier alpha value is -1.55. The van der Waals surface area contributed by atoms with Gasteiger partial charge in [0, 0.05) is 10.6 Å². The van der Waals surface area contributed by atoms with E-state index in [0.717, 1.165) is 34.4 Å². The van der Waals surface area contributed by atoms with Crippen LogP contribution < -0.4 is 5.73 Å². The molecule has 88 valence electrons. The first-order valence-electron chi connectivity index (χ1n) is 5.05. The highest BCUT2D eigenvalue weighted by Gasteiger charge is 2.08. The van der Waals surface area contributed by atoms with Crippen LogP contribution in [-0.4, -0.2) is 0 Å². The first kappa shape index (κ1) is 11.9. The Morgan fingerprint density at radius 1 is 1.00 bits per heavy atom. The molecule has 0 bridgehead atoms. The molecule has 0 aliphatic heterocycles. The number of aryl methyl sites for hydroxylation is 1. The van der Waals surface area contributed by atoms with Crippen molar-refractivity contribution in [2.75, 3.05) is 5.73 Å². The third kappa shape index (κ3) is 2.77. The summed E-state index contributed by atoms with van der Waals surface area (Å²) in [5.74, 6) is -0.907. The van der Waals surface area contributed by atoms with Crippen LogP contribution in [0.5, 0.6) is 0 Å². The zero-order chi connectivity index (χ0) is 12.4. The fraction of sp³-hybridized carbons (Fsp3) is 0.0769. The molecular weight excluding hydrogens is 240 g/mol. The lowest BCUT2D eigenvalue weighted by atomic mass is 10.2. The van der Waals surface area contributed by atoms with E-state index in [1.165, 1.54) is 6.07 Å². The highest BCUT2D eigenvalue weighted by molar-refractivity contribution is 7.99. The summed E-state index contributed by atoms with van der Waals surface area (Å²) in [6.07, 6.45) is 0. The van der Waals surface area contributed by atoms with Crippen LogP contribution in [-0.2, 0) is 0 Å². The predicted molar refractivity (Wildman–Crippen MR) is 66.1 cm³/mol. The van der Waals surface area contributed by atoms with Crippen molar-refractivity contribution in [1.82, 2.24) is 0 Å². The summed E-state index contributed by atoms with van der Waals surface area (Å²) >= 11 is 1.12. The molecule has 1 nitrogen and oxygen atoms in total. The van der Waals surface area contributed by atoms with Crippen LogP contribution in [0.2, 0.25) is 0 Å². The average molecular weight is 251 g/mol. The normalized spacial score (nSPS) is 10.5. The van der Waals surface area contributed by atoms with E-state index in [0.29, 0.717) is 5.69 Å². The van der Waals surface area contributed by atoms with Gasteiger partial charge in [0.2, 0.25) is 0 Å². The maximum Gasteiger partial charge on any atom is 0.137 e. The monoisotopic (exact) mass is 251 g/mol. The van der Waals surface area contributed by atoms with Gasteiger partial charge in [0.15, 0.2) is 0 Å². The SMILES string of the molecule is Cc1ccc(Sc2cc(F)ccc2F)c(N)c1. The van der Waals surface area contributed by atoms with Crippen LogP contribution in [0, 0.1) is 18.6 Å². The minimum absolute atomic E-state index is 0.237. The van der Waals surface area contributed by atoms with E-state index in [9.17, 15) is 8.78 Å². The molecule has 0 aliphatic carbocycles. The van der Waals surface area contributed by atoms with Crippen molar-refractivity contribution in [3.05, 3.63) is 53.6 Å². The van der Waals surface area contributed by atoms with Crippen LogP contribution in [0.4, 0.5) is 14.5 Å². The Labute approximate surface area is 103 Å².